The number of thioether (sulfide) groups is 1. The third-order valence-corrected chi connectivity index (χ3v) is 9.46. The van der Waals surface area contributed by atoms with Gasteiger partial charge in [0.1, 0.15) is 16.1 Å². The number of halogens is 4. The number of hydrogen-bond acceptors (Lipinski definition) is 8. The number of esters is 1. The van der Waals surface area contributed by atoms with Crippen LogP contribution in [0.4, 0.5) is 8.78 Å². The topological polar surface area (TPSA) is 95.3 Å². The number of carbonyl (C=O) groups is 2. The second-order valence-corrected chi connectivity index (χ2v) is 13.4. The Morgan fingerprint density at radius 2 is 1.85 bits per heavy atom. The molecule has 3 aromatic rings. The van der Waals surface area contributed by atoms with E-state index in [1.165, 1.54) is 34.9 Å². The summed E-state index contributed by atoms with van der Waals surface area (Å²) in [6, 6.07) is 11.6. The molecule has 1 aliphatic carbocycles. The van der Waals surface area contributed by atoms with Crippen LogP contribution in [0.15, 0.2) is 54.9 Å². The predicted molar refractivity (Wildman–Crippen MR) is 170 cm³/mol. The van der Waals surface area contributed by atoms with Gasteiger partial charge < -0.3 is 24.3 Å². The lowest BCUT2D eigenvalue weighted by Gasteiger charge is -2.26. The SMILES string of the molecule is CN(C)C(=O)c1cccc(CN2CCSC2C(=O)OC(Cc2c(Cl)c[n+]([O-])cc2Cl)c2ccc(OC(F)F)c(OCC3CC3)c2)c1. The number of benzene rings is 2. The maximum absolute atomic E-state index is 13.8. The van der Waals surface area contributed by atoms with E-state index in [0.29, 0.717) is 52.8 Å². The summed E-state index contributed by atoms with van der Waals surface area (Å²) < 4.78 is 43.5. The van der Waals surface area contributed by atoms with Gasteiger partial charge in [0, 0.05) is 50.5 Å². The van der Waals surface area contributed by atoms with Crippen molar-refractivity contribution in [2.45, 2.75) is 43.9 Å². The van der Waals surface area contributed by atoms with Crippen molar-refractivity contribution in [2.75, 3.05) is 33.0 Å². The van der Waals surface area contributed by atoms with Gasteiger partial charge in [0.2, 0.25) is 0 Å². The van der Waals surface area contributed by atoms with Crippen molar-refractivity contribution in [1.29, 1.82) is 0 Å². The zero-order valence-electron chi connectivity index (χ0n) is 25.2. The van der Waals surface area contributed by atoms with Crippen LogP contribution in [-0.4, -0.2) is 66.7 Å². The molecular weight excluding hydrogens is 663 g/mol. The maximum Gasteiger partial charge on any atom is 0.387 e. The average Bonchev–Trinajstić information content (AvgIpc) is 3.72. The minimum atomic E-state index is -3.06. The zero-order valence-corrected chi connectivity index (χ0v) is 27.5. The van der Waals surface area contributed by atoms with Gasteiger partial charge in [-0.1, -0.05) is 41.4 Å². The van der Waals surface area contributed by atoms with E-state index >= 15 is 0 Å². The summed E-state index contributed by atoms with van der Waals surface area (Å²) in [5.41, 5.74) is 2.23. The van der Waals surface area contributed by atoms with Crippen LogP contribution in [-0.2, 0) is 22.5 Å². The van der Waals surface area contributed by atoms with Crippen LogP contribution in [0.1, 0.15) is 46.0 Å². The molecule has 0 bridgehead atoms. The molecule has 2 aromatic carbocycles. The van der Waals surface area contributed by atoms with Gasteiger partial charge in [0.05, 0.1) is 6.61 Å². The van der Waals surface area contributed by atoms with Crippen LogP contribution in [0.2, 0.25) is 10.0 Å². The fourth-order valence-electron chi connectivity index (χ4n) is 5.04. The lowest BCUT2D eigenvalue weighted by molar-refractivity contribution is -0.605. The van der Waals surface area contributed by atoms with Crippen molar-refractivity contribution in [2.24, 2.45) is 5.92 Å². The summed E-state index contributed by atoms with van der Waals surface area (Å²) >= 11 is 14.2. The predicted octanol–water partition coefficient (Wildman–Crippen LogP) is 6.12. The van der Waals surface area contributed by atoms with E-state index < -0.39 is 24.1 Å². The third-order valence-electron chi connectivity index (χ3n) is 7.59. The molecule has 1 amide bonds. The molecule has 46 heavy (non-hydrogen) atoms. The van der Waals surface area contributed by atoms with Gasteiger partial charge in [-0.2, -0.15) is 13.5 Å². The van der Waals surface area contributed by atoms with Crippen LogP contribution in [0.5, 0.6) is 11.5 Å². The first kappa shape index (κ1) is 34.0. The molecule has 2 aliphatic rings. The van der Waals surface area contributed by atoms with E-state index in [1.54, 1.807) is 20.2 Å². The van der Waals surface area contributed by atoms with Gasteiger partial charge in [-0.15, -0.1) is 11.8 Å². The van der Waals surface area contributed by atoms with Crippen molar-refractivity contribution in [3.8, 4) is 11.5 Å². The van der Waals surface area contributed by atoms with Crippen molar-refractivity contribution in [3.63, 3.8) is 0 Å². The highest BCUT2D eigenvalue weighted by molar-refractivity contribution is 8.00. The summed E-state index contributed by atoms with van der Waals surface area (Å²) in [5, 5.41) is 11.4. The van der Waals surface area contributed by atoms with Gasteiger partial charge in [0.25, 0.3) is 5.91 Å². The summed E-state index contributed by atoms with van der Waals surface area (Å²) in [6.45, 7) is -1.71. The lowest BCUT2D eigenvalue weighted by Crippen LogP contribution is -2.36. The van der Waals surface area contributed by atoms with E-state index in [4.69, 9.17) is 37.4 Å². The van der Waals surface area contributed by atoms with Gasteiger partial charge in [-0.05, 0) is 54.2 Å². The Hall–Kier alpha value is -3.32. The number of nitrogens with zero attached hydrogens (tertiary/aromatic N) is 3. The van der Waals surface area contributed by atoms with E-state index in [9.17, 15) is 23.6 Å². The quantitative estimate of drug-likeness (QED) is 0.120. The molecule has 1 saturated heterocycles. The van der Waals surface area contributed by atoms with Crippen molar-refractivity contribution < 1.29 is 37.3 Å². The Labute approximate surface area is 279 Å². The number of hydrogen-bond donors (Lipinski definition) is 0. The standard InChI is InChI=1S/C32H33Cl2F2N3O6S/c1-37(2)29(40)22-5-3-4-20(12-22)15-38-10-11-46-30(38)31(41)44-27(14-23-24(33)16-39(42)17-25(23)34)21-8-9-26(45-32(35)36)28(13-21)43-18-19-6-7-19/h3-5,8-9,12-13,16-17,19,27,30,32H,6-7,10-11,14-15,18H2,1-2H3. The second-order valence-electron chi connectivity index (χ2n) is 11.4. The Balaban J connectivity index is 1.41. The van der Waals surface area contributed by atoms with Gasteiger partial charge in [-0.3, -0.25) is 9.69 Å². The average molecular weight is 697 g/mol. The highest BCUT2D eigenvalue weighted by atomic mass is 35.5. The Morgan fingerprint density at radius 1 is 1.11 bits per heavy atom. The first-order valence-electron chi connectivity index (χ1n) is 14.6. The zero-order chi connectivity index (χ0) is 33.0. The molecule has 5 rings (SSSR count). The molecule has 246 valence electrons. The van der Waals surface area contributed by atoms with Crippen molar-refractivity contribution >= 4 is 46.8 Å². The number of alkyl halides is 2. The Kier molecular flexibility index (Phi) is 11.1. The second kappa shape index (κ2) is 15.1. The summed E-state index contributed by atoms with van der Waals surface area (Å²) in [7, 11) is 3.37. The molecule has 0 radical (unpaired) electrons. The number of rotatable bonds is 13. The fraction of sp³-hybridized carbons (Fsp3) is 0.406. The van der Waals surface area contributed by atoms with Crippen molar-refractivity contribution in [3.05, 3.63) is 92.4 Å². The normalized spacial score (nSPS) is 17.2. The van der Waals surface area contributed by atoms with Crippen LogP contribution >= 0.6 is 35.0 Å². The third kappa shape index (κ3) is 8.72. The van der Waals surface area contributed by atoms with Crippen molar-refractivity contribution in [1.82, 2.24) is 9.80 Å². The summed E-state index contributed by atoms with van der Waals surface area (Å²) in [4.78, 5) is 29.8. The van der Waals surface area contributed by atoms with E-state index in [-0.39, 0.29) is 33.9 Å². The fourth-order valence-corrected chi connectivity index (χ4v) is 6.78. The van der Waals surface area contributed by atoms with Gasteiger partial charge in [-0.25, -0.2) is 4.79 Å². The maximum atomic E-state index is 13.8. The first-order valence-corrected chi connectivity index (χ1v) is 16.4. The minimum absolute atomic E-state index is 0.00651. The Bertz CT molecular complexity index is 1560. The monoisotopic (exact) mass is 695 g/mol. The number of carbonyl (C=O) groups excluding carboxylic acids is 2. The molecule has 0 spiro atoms. The minimum Gasteiger partial charge on any atom is -0.619 e. The van der Waals surface area contributed by atoms with Gasteiger partial charge in [0.15, 0.2) is 29.3 Å². The van der Waals surface area contributed by atoms with E-state index in [1.807, 2.05) is 23.1 Å². The summed E-state index contributed by atoms with van der Waals surface area (Å²) in [5.74, 6) is 0.326. The molecule has 1 aromatic heterocycles. The first-order chi connectivity index (χ1) is 22.0. The smallest absolute Gasteiger partial charge is 0.387 e. The molecule has 0 N–H and O–H groups in total. The van der Waals surface area contributed by atoms with Crippen LogP contribution in [0.3, 0.4) is 0 Å². The molecule has 2 fully saturated rings. The molecule has 2 atom stereocenters. The molecule has 2 heterocycles. The molecule has 2 unspecified atom stereocenters. The van der Waals surface area contributed by atoms with E-state index in [0.717, 1.165) is 30.8 Å². The molecule has 1 saturated carbocycles. The highest BCUT2D eigenvalue weighted by Gasteiger charge is 2.35. The van der Waals surface area contributed by atoms with Gasteiger partial charge >= 0.3 is 12.6 Å². The largest absolute Gasteiger partial charge is 0.619 e. The molecule has 9 nitrogen and oxygen atoms in total. The van der Waals surface area contributed by atoms with E-state index in [2.05, 4.69) is 0 Å². The van der Waals surface area contributed by atoms with Crippen LogP contribution in [0, 0.1) is 11.1 Å². The number of ether oxygens (including phenoxy) is 3. The number of aromatic nitrogens is 1. The highest BCUT2D eigenvalue weighted by Crippen LogP contribution is 2.38. The lowest BCUT2D eigenvalue weighted by atomic mass is 10.0. The van der Waals surface area contributed by atoms with Crippen LogP contribution in [0.25, 0.3) is 0 Å². The number of amides is 1. The Morgan fingerprint density at radius 3 is 2.52 bits per heavy atom. The molecule has 1 aliphatic heterocycles. The molecular formula is C32H33Cl2F2N3O6S. The molecule has 14 heteroatoms. The summed E-state index contributed by atoms with van der Waals surface area (Å²) in [6.07, 6.45) is 3.29. The van der Waals surface area contributed by atoms with Crippen LogP contribution < -0.4 is 14.2 Å². The number of pyridine rings is 1.